The quantitative estimate of drug-likeness (QED) is 0.300. The third-order valence-electron chi connectivity index (χ3n) is 2.90. The van der Waals surface area contributed by atoms with Crippen molar-refractivity contribution in [2.24, 2.45) is 0 Å². The van der Waals surface area contributed by atoms with Gasteiger partial charge >= 0.3 is 167 Å². The van der Waals surface area contributed by atoms with Gasteiger partial charge in [0.15, 0.2) is 0 Å². The van der Waals surface area contributed by atoms with Gasteiger partial charge in [-0.3, -0.25) is 35.4 Å². The zero-order chi connectivity index (χ0) is 12.5. The molecule has 0 saturated heterocycles. The van der Waals surface area contributed by atoms with Crippen molar-refractivity contribution in [2.75, 3.05) is 0 Å². The Balaban J connectivity index is -0.0000000156. The molecule has 2 N–H and O–H groups in total. The Hall–Kier alpha value is 3.55. The molecular weight excluding hydrogens is 917 g/mol. The molecule has 2 aromatic carbocycles. The van der Waals surface area contributed by atoms with Gasteiger partial charge in [-0.05, 0) is 0 Å². The standard InChI is InChI=1S/C15H12O2.12CH3.4Ce/c1-15(2,11-3-7-13(16)8-4-11)12-5-9-14(17)10-6-12;;;;;;;;;;;;;;;;/h3-6,16-17H,1-2H3;12*1H3;;;;/q-4;12*-1;4*+4. The Morgan fingerprint density at radius 1 is 0.455 bits per heavy atom. The van der Waals surface area contributed by atoms with Gasteiger partial charge in [0, 0.05) is 0 Å². The fourth-order valence-corrected chi connectivity index (χ4v) is 1.64. The second kappa shape index (κ2) is 48.6. The van der Waals surface area contributed by atoms with Gasteiger partial charge in [0.25, 0.3) is 0 Å². The van der Waals surface area contributed by atoms with Gasteiger partial charge in [0.2, 0.25) is 0 Å². The van der Waals surface area contributed by atoms with E-state index in [1.165, 1.54) is 0 Å². The molecule has 0 atom stereocenters. The van der Waals surface area contributed by atoms with Crippen molar-refractivity contribution >= 4 is 0 Å². The van der Waals surface area contributed by atoms with Crippen LogP contribution in [0.15, 0.2) is 24.3 Å². The first-order chi connectivity index (χ1) is 8.00. The number of hydrogen-bond acceptors (Lipinski definition) is 2. The predicted octanol–water partition coefficient (Wildman–Crippen LogP) is 8.03. The molecule has 0 aliphatic heterocycles. The number of aromatic hydroxyl groups is 2. The maximum atomic E-state index is 9.17. The van der Waals surface area contributed by atoms with Crippen molar-refractivity contribution in [3.63, 3.8) is 0 Å². The molecule has 0 aromatic heterocycles. The second-order valence-electron chi connectivity index (χ2n) is 4.39. The van der Waals surface area contributed by atoms with Gasteiger partial charge < -0.3 is 124 Å². The predicted molar refractivity (Wildman–Crippen MR) is 141 cm³/mol. The van der Waals surface area contributed by atoms with E-state index in [0.29, 0.717) is 0 Å². The van der Waals surface area contributed by atoms with Gasteiger partial charge in [-0.25, -0.2) is 0 Å². The minimum atomic E-state index is -0.276. The van der Waals surface area contributed by atoms with Crippen molar-refractivity contribution in [1.82, 2.24) is 0 Å². The zero-order valence-corrected chi connectivity index (χ0v) is 36.3. The summed E-state index contributed by atoms with van der Waals surface area (Å²) >= 11 is 0. The van der Waals surface area contributed by atoms with Crippen LogP contribution in [0.5, 0.6) is 11.5 Å². The Morgan fingerprint density at radius 2 is 0.606 bits per heavy atom. The fourth-order valence-electron chi connectivity index (χ4n) is 1.64. The van der Waals surface area contributed by atoms with Crippen LogP contribution in [0, 0.1) is 280 Å². The van der Waals surface area contributed by atoms with Crippen LogP contribution in [0.1, 0.15) is 25.0 Å². The molecule has 0 aliphatic rings. The summed E-state index contributed by atoms with van der Waals surface area (Å²) in [6.07, 6.45) is 0. The summed E-state index contributed by atoms with van der Waals surface area (Å²) in [4.78, 5) is 0. The van der Waals surface area contributed by atoms with E-state index in [2.05, 4.69) is 24.3 Å². The second-order valence-corrected chi connectivity index (χ2v) is 4.39. The molecule has 2 rings (SSSR count). The molecule has 0 bridgehead atoms. The molecule has 6 heteroatoms. The Kier molecular flexibility index (Phi) is 146. The van der Waals surface area contributed by atoms with E-state index in [9.17, 15) is 10.2 Å². The third-order valence-corrected chi connectivity index (χ3v) is 2.90. The summed E-state index contributed by atoms with van der Waals surface area (Å²) in [5, 5.41) is 18.3. The largest absolute Gasteiger partial charge is 4.00 e. The van der Waals surface area contributed by atoms with Gasteiger partial charge in [0.05, 0.1) is 0 Å². The molecule has 0 fully saturated rings. The molecule has 2 nitrogen and oxygen atoms in total. The minimum absolute atomic E-state index is 0. The van der Waals surface area contributed by atoms with Crippen LogP contribution in [0.3, 0.4) is 0 Å². The van der Waals surface area contributed by atoms with E-state index < -0.39 is 0 Å². The number of phenolic OH excluding ortho intramolecular Hbond substituents is 2. The van der Waals surface area contributed by atoms with E-state index >= 15 is 0 Å². The summed E-state index contributed by atoms with van der Waals surface area (Å²) < 4.78 is 0. The first kappa shape index (κ1) is 99.5. The van der Waals surface area contributed by atoms with E-state index in [1.54, 1.807) is 24.3 Å². The zero-order valence-electron chi connectivity index (χ0n) is 23.7. The number of benzene rings is 2. The molecule has 0 unspecified atom stereocenters. The molecule has 0 amide bonds. The number of phenols is 2. The number of rotatable bonds is 2. The van der Waals surface area contributed by atoms with Crippen LogP contribution in [0.2, 0.25) is 0 Å². The minimum Gasteiger partial charge on any atom is -0.559 e. The van der Waals surface area contributed by atoms with Crippen LogP contribution in [0.25, 0.3) is 0 Å². The monoisotopic (exact) mass is 964 g/mol. The molecule has 0 heterocycles. The Bertz CT molecular complexity index is 467. The molecule has 0 aliphatic carbocycles. The van der Waals surface area contributed by atoms with Crippen LogP contribution in [0.4, 0.5) is 0 Å². The number of hydrogen-bond donors (Lipinski definition) is 2. The summed E-state index contributed by atoms with van der Waals surface area (Å²) in [5.41, 5.74) is 1.67. The van der Waals surface area contributed by atoms with Gasteiger partial charge in [-0.15, -0.1) is 11.5 Å². The van der Waals surface area contributed by atoms with Crippen molar-refractivity contribution in [1.29, 1.82) is 0 Å². The van der Waals surface area contributed by atoms with E-state index in [4.69, 9.17) is 0 Å². The van der Waals surface area contributed by atoms with E-state index in [1.807, 2.05) is 13.8 Å². The van der Waals surface area contributed by atoms with Crippen LogP contribution < -0.4 is 0 Å². The third kappa shape index (κ3) is 31.7. The molecule has 184 valence electrons. The topological polar surface area (TPSA) is 40.5 Å². The molecule has 33 heavy (non-hydrogen) atoms. The van der Waals surface area contributed by atoms with E-state index in [0.717, 1.165) is 11.1 Å². The maximum absolute atomic E-state index is 9.17. The fraction of sp³-hybridized carbons (Fsp3) is 0.111. The van der Waals surface area contributed by atoms with Crippen molar-refractivity contribution < 1.29 is 177 Å². The molecule has 0 radical (unpaired) electrons. The normalized spacial score (nSPS) is 5.88. The van der Waals surface area contributed by atoms with E-state index in [-0.39, 0.29) is 273 Å². The Labute approximate surface area is 349 Å². The molecular formula is C27H48Ce4O2. The van der Waals surface area contributed by atoms with Crippen LogP contribution in [-0.4, -0.2) is 10.2 Å². The smallest absolute Gasteiger partial charge is 0.559 e. The Morgan fingerprint density at radius 3 is 0.758 bits per heavy atom. The van der Waals surface area contributed by atoms with Gasteiger partial charge in [0.1, 0.15) is 0 Å². The first-order valence-electron chi connectivity index (χ1n) is 5.26. The van der Waals surface area contributed by atoms with Crippen molar-refractivity contribution in [3.8, 4) is 11.5 Å². The average molecular weight is 965 g/mol. The van der Waals surface area contributed by atoms with Gasteiger partial charge in [-0.2, -0.15) is 5.41 Å². The molecule has 2 aromatic rings. The van der Waals surface area contributed by atoms with Gasteiger partial charge in [-0.1, -0.05) is 13.8 Å². The molecule has 0 saturated carbocycles. The first-order valence-corrected chi connectivity index (χ1v) is 5.26. The SMILES string of the molecule is CC(C)(c1c[c-]c(O)[c-]c1)c1c[c-]c(O)[c-]c1.[CH3-].[CH3-].[CH3-].[CH3-].[CH3-].[CH3-].[CH3-].[CH3-].[CH3-].[CH3-].[CH3-].[CH3-].[Ce+4].[Ce+4].[Ce+4].[Ce+4]. The summed E-state index contributed by atoms with van der Waals surface area (Å²) in [6.45, 7) is 4.07. The summed E-state index contributed by atoms with van der Waals surface area (Å²) in [6, 6.07) is 17.8. The van der Waals surface area contributed by atoms with Crippen LogP contribution in [-0.2, 0) is 5.41 Å². The summed E-state index contributed by atoms with van der Waals surface area (Å²) in [7, 11) is 0. The maximum Gasteiger partial charge on any atom is 4.00 e. The van der Waals surface area contributed by atoms with Crippen molar-refractivity contribution in [2.45, 2.75) is 19.3 Å². The molecule has 0 spiro atoms. The summed E-state index contributed by atoms with van der Waals surface area (Å²) in [5.74, 6) is 0.0155. The average Bonchev–Trinajstić information content (AvgIpc) is 2.30. The van der Waals surface area contributed by atoms with Crippen LogP contribution >= 0.6 is 0 Å². The van der Waals surface area contributed by atoms with Crippen molar-refractivity contribution in [3.05, 3.63) is 149 Å².